The van der Waals surface area contributed by atoms with Gasteiger partial charge in [-0.1, -0.05) is 13.8 Å². The van der Waals surface area contributed by atoms with Crippen LogP contribution in [0.3, 0.4) is 0 Å². The van der Waals surface area contributed by atoms with Gasteiger partial charge < -0.3 is 16.0 Å². The molecule has 1 unspecified atom stereocenters. The third-order valence-corrected chi connectivity index (χ3v) is 2.05. The Hall–Kier alpha value is -1.12. The summed E-state index contributed by atoms with van der Waals surface area (Å²) in [5.74, 6) is -1.61. The zero-order valence-corrected chi connectivity index (χ0v) is 8.91. The maximum Gasteiger partial charge on any atom is 0.308 e. The first kappa shape index (κ1) is 15.4. The third kappa shape index (κ3) is 4.21. The summed E-state index contributed by atoms with van der Waals surface area (Å²) in [5.41, 5.74) is -0.504. The van der Waals surface area contributed by atoms with Gasteiger partial charge in [0.05, 0.1) is 18.6 Å². The van der Waals surface area contributed by atoms with Crippen molar-refractivity contribution in [2.24, 2.45) is 11.3 Å². The molecule has 0 rings (SSSR count). The zero-order chi connectivity index (χ0) is 10.5. The topological polar surface area (TPSA) is 105 Å². The van der Waals surface area contributed by atoms with E-state index in [4.69, 9.17) is 15.1 Å². The number of methoxy groups -OCH3 is 1. The van der Waals surface area contributed by atoms with Crippen LogP contribution in [-0.2, 0) is 9.53 Å². The zero-order valence-electron chi connectivity index (χ0n) is 8.91. The standard InChI is InChI=1S/C9H15NO3.H3N/c1-9(2,6-13-3)7(4-5-10)8(11)12;/h7H,4,6H2,1-3H3,(H,11,12);1H3. The number of nitrogens with zero attached hydrogens (tertiary/aromatic N) is 1. The molecule has 0 heterocycles. The minimum atomic E-state index is -0.941. The molecule has 0 aromatic rings. The summed E-state index contributed by atoms with van der Waals surface area (Å²) < 4.78 is 4.91. The molecule has 5 nitrogen and oxygen atoms in total. The summed E-state index contributed by atoms with van der Waals surface area (Å²) in [6.07, 6.45) is 0.0195. The van der Waals surface area contributed by atoms with Crippen LogP contribution in [0, 0.1) is 22.7 Å². The van der Waals surface area contributed by atoms with E-state index in [0.717, 1.165) is 0 Å². The van der Waals surface area contributed by atoms with E-state index in [0.29, 0.717) is 6.61 Å². The van der Waals surface area contributed by atoms with Crippen molar-refractivity contribution in [1.82, 2.24) is 6.15 Å². The van der Waals surface area contributed by atoms with Crippen molar-refractivity contribution in [3.05, 3.63) is 0 Å². The number of aliphatic carboxylic acids is 1. The number of ether oxygens (including phenoxy) is 1. The Kier molecular flexibility index (Phi) is 6.97. The molecule has 0 amide bonds. The van der Waals surface area contributed by atoms with Crippen LogP contribution >= 0.6 is 0 Å². The lowest BCUT2D eigenvalue weighted by atomic mass is 9.78. The molecule has 0 bridgehead atoms. The molecule has 0 aliphatic rings. The molecule has 0 fully saturated rings. The van der Waals surface area contributed by atoms with Crippen LogP contribution in [0.1, 0.15) is 20.3 Å². The number of carboxylic acids is 1. The van der Waals surface area contributed by atoms with Gasteiger partial charge in [0.1, 0.15) is 0 Å². The maximum absolute atomic E-state index is 10.8. The average Bonchev–Trinajstić information content (AvgIpc) is 1.99. The maximum atomic E-state index is 10.8. The minimum absolute atomic E-state index is 0. The quantitative estimate of drug-likeness (QED) is 0.701. The summed E-state index contributed by atoms with van der Waals surface area (Å²) in [6.45, 7) is 3.91. The van der Waals surface area contributed by atoms with Gasteiger partial charge >= 0.3 is 5.97 Å². The first-order chi connectivity index (χ1) is 5.95. The van der Waals surface area contributed by atoms with Crippen molar-refractivity contribution in [3.63, 3.8) is 0 Å². The Morgan fingerprint density at radius 2 is 2.14 bits per heavy atom. The van der Waals surface area contributed by atoms with E-state index in [-0.39, 0.29) is 12.6 Å². The molecular weight excluding hydrogens is 184 g/mol. The van der Waals surface area contributed by atoms with Gasteiger partial charge in [-0.25, -0.2) is 0 Å². The van der Waals surface area contributed by atoms with Gasteiger partial charge in [-0.15, -0.1) is 0 Å². The van der Waals surface area contributed by atoms with E-state index >= 15 is 0 Å². The summed E-state index contributed by atoms with van der Waals surface area (Å²) in [7, 11) is 1.52. The Morgan fingerprint density at radius 1 is 1.64 bits per heavy atom. The van der Waals surface area contributed by atoms with Crippen LogP contribution in [0.2, 0.25) is 0 Å². The predicted molar refractivity (Wildman–Crippen MR) is 52.0 cm³/mol. The summed E-state index contributed by atoms with van der Waals surface area (Å²) >= 11 is 0. The predicted octanol–water partition coefficient (Wildman–Crippen LogP) is 1.44. The molecule has 0 saturated heterocycles. The molecule has 0 aromatic heterocycles. The Labute approximate surface area is 84.3 Å². The first-order valence-electron chi connectivity index (χ1n) is 4.04. The molecular formula is C9H18N2O3. The molecule has 0 radical (unpaired) electrons. The number of nitriles is 1. The number of rotatable bonds is 5. The minimum Gasteiger partial charge on any atom is -0.481 e. The molecule has 0 spiro atoms. The van der Waals surface area contributed by atoms with Gasteiger partial charge in [0, 0.05) is 18.9 Å². The molecule has 0 aliphatic carbocycles. The van der Waals surface area contributed by atoms with Gasteiger partial charge in [-0.2, -0.15) is 5.26 Å². The molecule has 1 atom stereocenters. The van der Waals surface area contributed by atoms with E-state index in [1.807, 2.05) is 6.07 Å². The fourth-order valence-electron chi connectivity index (χ4n) is 1.26. The molecule has 82 valence electrons. The normalized spacial score (nSPS) is 12.4. The highest BCUT2D eigenvalue weighted by molar-refractivity contribution is 5.71. The molecule has 14 heavy (non-hydrogen) atoms. The lowest BCUT2D eigenvalue weighted by Crippen LogP contribution is -2.34. The van der Waals surface area contributed by atoms with Gasteiger partial charge in [-0.3, -0.25) is 4.79 Å². The highest BCUT2D eigenvalue weighted by Crippen LogP contribution is 2.29. The van der Waals surface area contributed by atoms with Crippen LogP contribution in [0.4, 0.5) is 0 Å². The molecule has 5 heteroatoms. The number of carbonyl (C=O) groups is 1. The Bertz CT molecular complexity index is 221. The second-order valence-electron chi connectivity index (χ2n) is 3.67. The van der Waals surface area contributed by atoms with E-state index in [1.165, 1.54) is 7.11 Å². The van der Waals surface area contributed by atoms with Crippen molar-refractivity contribution in [2.45, 2.75) is 20.3 Å². The van der Waals surface area contributed by atoms with Gasteiger partial charge in [0.2, 0.25) is 0 Å². The largest absolute Gasteiger partial charge is 0.481 e. The van der Waals surface area contributed by atoms with E-state index in [2.05, 4.69) is 0 Å². The van der Waals surface area contributed by atoms with Crippen LogP contribution < -0.4 is 6.15 Å². The second kappa shape index (κ2) is 6.35. The fraction of sp³-hybridized carbons (Fsp3) is 0.778. The Morgan fingerprint density at radius 3 is 2.43 bits per heavy atom. The van der Waals surface area contributed by atoms with Crippen molar-refractivity contribution in [2.75, 3.05) is 13.7 Å². The highest BCUT2D eigenvalue weighted by Gasteiger charge is 2.34. The SMILES string of the molecule is COCC(C)(C)C(CC#N)C(=O)O.N. The summed E-state index contributed by atoms with van der Waals surface area (Å²) in [4.78, 5) is 10.8. The van der Waals surface area contributed by atoms with E-state index in [1.54, 1.807) is 13.8 Å². The molecule has 0 aromatic carbocycles. The van der Waals surface area contributed by atoms with Gasteiger partial charge in [0.25, 0.3) is 0 Å². The molecule has 0 saturated carbocycles. The van der Waals surface area contributed by atoms with Crippen molar-refractivity contribution in [3.8, 4) is 6.07 Å². The third-order valence-electron chi connectivity index (χ3n) is 2.05. The summed E-state index contributed by atoms with van der Waals surface area (Å²) in [6, 6.07) is 1.88. The highest BCUT2D eigenvalue weighted by atomic mass is 16.5. The van der Waals surface area contributed by atoms with Crippen LogP contribution in [0.15, 0.2) is 0 Å². The molecule has 0 aliphatic heterocycles. The van der Waals surface area contributed by atoms with Crippen LogP contribution in [-0.4, -0.2) is 24.8 Å². The van der Waals surface area contributed by atoms with Crippen LogP contribution in [0.5, 0.6) is 0 Å². The number of carboxylic acid groups (broad SMARTS) is 1. The lowest BCUT2D eigenvalue weighted by Gasteiger charge is -2.28. The van der Waals surface area contributed by atoms with Gasteiger partial charge in [-0.05, 0) is 0 Å². The van der Waals surface area contributed by atoms with Crippen molar-refractivity contribution >= 4 is 5.97 Å². The summed E-state index contributed by atoms with van der Waals surface area (Å²) in [5, 5.41) is 17.3. The monoisotopic (exact) mass is 202 g/mol. The smallest absolute Gasteiger partial charge is 0.308 e. The average molecular weight is 202 g/mol. The number of hydrogen-bond acceptors (Lipinski definition) is 4. The van der Waals surface area contributed by atoms with Crippen LogP contribution in [0.25, 0.3) is 0 Å². The van der Waals surface area contributed by atoms with Gasteiger partial charge in [0.15, 0.2) is 0 Å². The van der Waals surface area contributed by atoms with E-state index < -0.39 is 17.3 Å². The lowest BCUT2D eigenvalue weighted by molar-refractivity contribution is -0.147. The van der Waals surface area contributed by atoms with E-state index in [9.17, 15) is 4.79 Å². The number of hydrogen-bond donors (Lipinski definition) is 2. The Balaban J connectivity index is 0. The van der Waals surface area contributed by atoms with Crippen molar-refractivity contribution in [1.29, 1.82) is 5.26 Å². The fourth-order valence-corrected chi connectivity index (χ4v) is 1.26. The molecule has 4 N–H and O–H groups in total. The van der Waals surface area contributed by atoms with Crippen molar-refractivity contribution < 1.29 is 14.6 Å². The second-order valence-corrected chi connectivity index (χ2v) is 3.67. The first-order valence-corrected chi connectivity index (χ1v) is 4.04.